The highest BCUT2D eigenvalue weighted by Crippen LogP contribution is 2.23. The van der Waals surface area contributed by atoms with Crippen molar-refractivity contribution in [1.29, 1.82) is 0 Å². The van der Waals surface area contributed by atoms with E-state index in [2.05, 4.69) is 13.8 Å². The quantitative estimate of drug-likeness (QED) is 0.673. The van der Waals surface area contributed by atoms with Gasteiger partial charge in [-0.15, -0.1) is 0 Å². The minimum absolute atomic E-state index is 0. The van der Waals surface area contributed by atoms with Crippen LogP contribution >= 0.6 is 0 Å². The Kier molecular flexibility index (Phi) is 8.67. The molecule has 0 aliphatic heterocycles. The second-order valence-corrected chi connectivity index (χ2v) is 7.47. The first-order chi connectivity index (χ1) is 6.01. The van der Waals surface area contributed by atoms with E-state index in [0.717, 1.165) is 12.1 Å². The molecular formula is C9H26N2O2Si. The zero-order valence-corrected chi connectivity index (χ0v) is 11.2. The molecule has 0 rings (SSSR count). The Balaban J connectivity index is 0. The zero-order valence-electron chi connectivity index (χ0n) is 10.2. The Labute approximate surface area is 89.0 Å². The lowest BCUT2D eigenvalue weighted by Gasteiger charge is -2.30. The van der Waals surface area contributed by atoms with E-state index in [1.165, 1.54) is 0 Å². The van der Waals surface area contributed by atoms with Crippen molar-refractivity contribution in [3.8, 4) is 0 Å². The van der Waals surface area contributed by atoms with E-state index in [1.54, 1.807) is 14.2 Å². The average Bonchev–Trinajstić information content (AvgIpc) is 2.14. The Morgan fingerprint density at radius 2 is 1.64 bits per heavy atom. The molecule has 0 spiro atoms. The lowest BCUT2D eigenvalue weighted by atomic mass is 10.1. The van der Waals surface area contributed by atoms with Gasteiger partial charge >= 0.3 is 8.56 Å². The van der Waals surface area contributed by atoms with Crippen LogP contribution in [0.5, 0.6) is 0 Å². The summed E-state index contributed by atoms with van der Waals surface area (Å²) in [6.07, 6.45) is 0. The zero-order chi connectivity index (χ0) is 10.5. The van der Waals surface area contributed by atoms with Crippen LogP contribution in [-0.4, -0.2) is 28.8 Å². The van der Waals surface area contributed by atoms with E-state index >= 15 is 0 Å². The van der Waals surface area contributed by atoms with Gasteiger partial charge in [0.25, 0.3) is 0 Å². The van der Waals surface area contributed by atoms with Crippen LogP contribution in [0, 0.1) is 5.92 Å². The van der Waals surface area contributed by atoms with Gasteiger partial charge in [0.15, 0.2) is 0 Å². The van der Waals surface area contributed by atoms with E-state index in [4.69, 9.17) is 14.6 Å². The Morgan fingerprint density at radius 3 is 1.86 bits per heavy atom. The molecule has 88 valence electrons. The molecule has 0 bridgehead atoms. The Hall–Kier alpha value is 0.0569. The lowest BCUT2D eigenvalue weighted by Crippen LogP contribution is -2.43. The summed E-state index contributed by atoms with van der Waals surface area (Å²) in [5, 5.41) is 0. The van der Waals surface area contributed by atoms with Crippen LogP contribution in [0.4, 0.5) is 0 Å². The maximum absolute atomic E-state index is 5.82. The largest absolute Gasteiger partial charge is 0.398 e. The van der Waals surface area contributed by atoms with E-state index in [-0.39, 0.29) is 12.2 Å². The minimum Gasteiger partial charge on any atom is -0.398 e. The van der Waals surface area contributed by atoms with Crippen LogP contribution in [0.3, 0.4) is 0 Å². The fraction of sp³-hybridized carbons (Fsp3) is 1.00. The molecule has 0 saturated heterocycles. The second kappa shape index (κ2) is 7.36. The monoisotopic (exact) mass is 222 g/mol. The maximum atomic E-state index is 5.82. The van der Waals surface area contributed by atoms with Crippen LogP contribution < -0.4 is 11.9 Å². The molecule has 0 aliphatic carbocycles. The summed E-state index contributed by atoms with van der Waals surface area (Å²) in [4.78, 5) is 0. The fourth-order valence-electron chi connectivity index (χ4n) is 1.36. The van der Waals surface area contributed by atoms with Crippen LogP contribution in [0.1, 0.15) is 20.8 Å². The molecular weight excluding hydrogens is 196 g/mol. The highest BCUT2D eigenvalue weighted by Gasteiger charge is 2.35. The van der Waals surface area contributed by atoms with Gasteiger partial charge in [0.05, 0.1) is 0 Å². The average molecular weight is 222 g/mol. The molecule has 0 aromatic carbocycles. The van der Waals surface area contributed by atoms with Gasteiger partial charge in [0.1, 0.15) is 0 Å². The molecule has 2 unspecified atom stereocenters. The standard InChI is InChI=1S/C9H23NO2Si.H3N/c1-6-13(11-4,12-5)7-8(2)9(3)10;/h8-9H,6-7,10H2,1-5H3;1H3. The summed E-state index contributed by atoms with van der Waals surface area (Å²) in [5.41, 5.74) is 5.82. The summed E-state index contributed by atoms with van der Waals surface area (Å²) in [6.45, 7) is 6.30. The van der Waals surface area contributed by atoms with E-state index in [0.29, 0.717) is 5.92 Å². The SMILES string of the molecule is CC[Si](CC(C)C(C)N)(OC)OC.N. The van der Waals surface area contributed by atoms with E-state index in [1.807, 2.05) is 6.92 Å². The number of rotatable bonds is 6. The first-order valence-electron chi connectivity index (χ1n) is 4.87. The molecule has 0 saturated carbocycles. The van der Waals surface area contributed by atoms with Gasteiger partial charge < -0.3 is 20.7 Å². The summed E-state index contributed by atoms with van der Waals surface area (Å²) in [5.74, 6) is 0.464. The van der Waals surface area contributed by atoms with Crippen LogP contribution in [0.15, 0.2) is 0 Å². The first kappa shape index (κ1) is 16.5. The summed E-state index contributed by atoms with van der Waals surface area (Å²) >= 11 is 0. The van der Waals surface area contributed by atoms with Crippen molar-refractivity contribution >= 4 is 8.56 Å². The molecule has 2 atom stereocenters. The highest BCUT2D eigenvalue weighted by atomic mass is 28.4. The molecule has 0 radical (unpaired) electrons. The van der Waals surface area contributed by atoms with Crippen molar-refractivity contribution in [3.05, 3.63) is 0 Å². The van der Waals surface area contributed by atoms with Crippen molar-refractivity contribution < 1.29 is 8.85 Å². The van der Waals surface area contributed by atoms with Gasteiger partial charge in [-0.1, -0.05) is 13.8 Å². The normalized spacial score (nSPS) is 15.9. The number of hydrogen-bond donors (Lipinski definition) is 2. The van der Waals surface area contributed by atoms with Gasteiger partial charge in [0, 0.05) is 20.3 Å². The second-order valence-electron chi connectivity index (χ2n) is 3.71. The fourth-order valence-corrected chi connectivity index (χ4v) is 4.08. The lowest BCUT2D eigenvalue weighted by molar-refractivity contribution is 0.233. The van der Waals surface area contributed by atoms with Gasteiger partial charge in [-0.2, -0.15) is 0 Å². The molecule has 0 heterocycles. The third-order valence-electron chi connectivity index (χ3n) is 2.81. The summed E-state index contributed by atoms with van der Waals surface area (Å²) in [6, 6.07) is 2.18. The molecule has 5 N–H and O–H groups in total. The highest BCUT2D eigenvalue weighted by molar-refractivity contribution is 6.67. The van der Waals surface area contributed by atoms with Crippen molar-refractivity contribution in [2.75, 3.05) is 14.2 Å². The van der Waals surface area contributed by atoms with Crippen LogP contribution in [0.2, 0.25) is 12.1 Å². The van der Waals surface area contributed by atoms with E-state index < -0.39 is 8.56 Å². The van der Waals surface area contributed by atoms with Gasteiger partial charge in [0.2, 0.25) is 0 Å². The molecule has 0 amide bonds. The Bertz CT molecular complexity index is 133. The number of hydrogen-bond acceptors (Lipinski definition) is 4. The van der Waals surface area contributed by atoms with Crippen LogP contribution in [-0.2, 0) is 8.85 Å². The maximum Gasteiger partial charge on any atom is 0.337 e. The molecule has 0 aliphatic rings. The molecule has 4 nitrogen and oxygen atoms in total. The van der Waals surface area contributed by atoms with Crippen LogP contribution in [0.25, 0.3) is 0 Å². The predicted octanol–water partition coefficient (Wildman–Crippen LogP) is 1.89. The molecule has 14 heavy (non-hydrogen) atoms. The van der Waals surface area contributed by atoms with E-state index in [9.17, 15) is 0 Å². The predicted molar refractivity (Wildman–Crippen MR) is 62.9 cm³/mol. The molecule has 0 aromatic heterocycles. The Morgan fingerprint density at radius 1 is 1.21 bits per heavy atom. The van der Waals surface area contributed by atoms with Gasteiger partial charge in [-0.3, -0.25) is 0 Å². The molecule has 5 heteroatoms. The summed E-state index contributed by atoms with van der Waals surface area (Å²) in [7, 11) is 1.56. The molecule has 0 aromatic rings. The summed E-state index contributed by atoms with van der Waals surface area (Å²) < 4.78 is 11.0. The van der Waals surface area contributed by atoms with Crippen molar-refractivity contribution in [1.82, 2.24) is 6.15 Å². The minimum atomic E-state index is -1.92. The third kappa shape index (κ3) is 4.52. The van der Waals surface area contributed by atoms with Gasteiger partial charge in [-0.05, 0) is 24.9 Å². The number of nitrogens with two attached hydrogens (primary N) is 1. The topological polar surface area (TPSA) is 79.5 Å². The van der Waals surface area contributed by atoms with Crippen molar-refractivity contribution in [2.24, 2.45) is 11.7 Å². The molecule has 0 fully saturated rings. The van der Waals surface area contributed by atoms with Crippen molar-refractivity contribution in [3.63, 3.8) is 0 Å². The smallest absolute Gasteiger partial charge is 0.337 e. The van der Waals surface area contributed by atoms with Crippen molar-refractivity contribution in [2.45, 2.75) is 38.9 Å². The first-order valence-corrected chi connectivity index (χ1v) is 7.10. The van der Waals surface area contributed by atoms with Gasteiger partial charge in [-0.25, -0.2) is 0 Å². The third-order valence-corrected chi connectivity index (χ3v) is 6.64.